The topological polar surface area (TPSA) is 78.7 Å². The second-order valence-corrected chi connectivity index (χ2v) is 5.58. The summed E-state index contributed by atoms with van der Waals surface area (Å²) in [5, 5.41) is 10.9. The van der Waals surface area contributed by atoms with Crippen molar-refractivity contribution in [1.29, 1.82) is 0 Å². The van der Waals surface area contributed by atoms with Gasteiger partial charge in [-0.2, -0.15) is 13.2 Å². The van der Waals surface area contributed by atoms with Crippen LogP contribution in [0.25, 0.3) is 0 Å². The van der Waals surface area contributed by atoms with Crippen molar-refractivity contribution in [2.75, 3.05) is 0 Å². The van der Waals surface area contributed by atoms with Gasteiger partial charge in [0.25, 0.3) is 0 Å². The molecule has 2 aromatic rings. The van der Waals surface area contributed by atoms with Gasteiger partial charge in [0.2, 0.25) is 5.75 Å². The number of hydrogen-bond acceptors (Lipinski definition) is 5. The smallest absolute Gasteiger partial charge is 0.416 e. The van der Waals surface area contributed by atoms with Gasteiger partial charge in [0, 0.05) is 19.1 Å². The van der Waals surface area contributed by atoms with Crippen LogP contribution in [0.4, 0.5) is 18.9 Å². The summed E-state index contributed by atoms with van der Waals surface area (Å²) in [6, 6.07) is 6.16. The van der Waals surface area contributed by atoms with Crippen LogP contribution in [-0.2, 0) is 11.0 Å². The highest BCUT2D eigenvalue weighted by molar-refractivity contribution is 9.10. The maximum absolute atomic E-state index is 12.6. The molecule has 0 bridgehead atoms. The van der Waals surface area contributed by atoms with Crippen molar-refractivity contribution in [2.24, 2.45) is 0 Å². The van der Waals surface area contributed by atoms with E-state index in [1.54, 1.807) is 0 Å². The molecule has 132 valence electrons. The highest BCUT2D eigenvalue weighted by atomic mass is 79.9. The van der Waals surface area contributed by atoms with E-state index in [0.29, 0.717) is 0 Å². The Kier molecular flexibility index (Phi) is 5.31. The number of ether oxygens (including phenoxy) is 2. The molecule has 0 spiro atoms. The summed E-state index contributed by atoms with van der Waals surface area (Å²) in [4.78, 5) is 21.2. The van der Waals surface area contributed by atoms with E-state index in [0.717, 1.165) is 37.3 Å². The van der Waals surface area contributed by atoms with Crippen LogP contribution in [0, 0.1) is 10.1 Å². The normalized spacial score (nSPS) is 11.1. The number of nitro groups is 1. The molecular weight excluding hydrogens is 411 g/mol. The van der Waals surface area contributed by atoms with Gasteiger partial charge in [0.15, 0.2) is 0 Å². The van der Waals surface area contributed by atoms with Gasteiger partial charge >= 0.3 is 17.8 Å². The Morgan fingerprint density at radius 2 is 1.84 bits per heavy atom. The average Bonchev–Trinajstić information content (AvgIpc) is 2.47. The molecule has 0 atom stereocenters. The summed E-state index contributed by atoms with van der Waals surface area (Å²) in [6.45, 7) is 1.07. The molecule has 2 aromatic carbocycles. The van der Waals surface area contributed by atoms with Crippen molar-refractivity contribution in [1.82, 2.24) is 0 Å². The van der Waals surface area contributed by atoms with Crippen LogP contribution in [0.5, 0.6) is 17.2 Å². The Hall–Kier alpha value is -2.62. The molecule has 6 nitrogen and oxygen atoms in total. The molecule has 0 aliphatic carbocycles. The van der Waals surface area contributed by atoms with E-state index in [-0.39, 0.29) is 21.7 Å². The first-order chi connectivity index (χ1) is 11.6. The molecular formula is C15H9BrF3NO5. The molecule has 25 heavy (non-hydrogen) atoms. The molecule has 0 saturated carbocycles. The zero-order valence-corrected chi connectivity index (χ0v) is 14.1. The minimum Gasteiger partial charge on any atom is -0.456 e. The van der Waals surface area contributed by atoms with Gasteiger partial charge in [-0.15, -0.1) is 0 Å². The standard InChI is InChI=1S/C15H9BrF3NO5/c1-8(21)24-14-7-10(3-4-12(14)20(22)23)25-13-5-2-9(6-11(13)16)15(17,18)19/h2-7H,1H3. The van der Waals surface area contributed by atoms with Gasteiger partial charge in [0.1, 0.15) is 11.5 Å². The second kappa shape index (κ2) is 7.09. The quantitative estimate of drug-likeness (QED) is 0.298. The van der Waals surface area contributed by atoms with Crippen LogP contribution in [0.3, 0.4) is 0 Å². The Bertz CT molecular complexity index is 838. The Balaban J connectivity index is 2.34. The van der Waals surface area contributed by atoms with Gasteiger partial charge in [-0.1, -0.05) is 0 Å². The zero-order valence-electron chi connectivity index (χ0n) is 12.5. The Morgan fingerprint density at radius 3 is 2.36 bits per heavy atom. The third-order valence-corrected chi connectivity index (χ3v) is 3.49. The lowest BCUT2D eigenvalue weighted by Crippen LogP contribution is -2.05. The first kappa shape index (κ1) is 18.7. The van der Waals surface area contributed by atoms with Crippen molar-refractivity contribution in [3.63, 3.8) is 0 Å². The lowest BCUT2D eigenvalue weighted by molar-refractivity contribution is -0.385. The van der Waals surface area contributed by atoms with Crippen LogP contribution in [0.1, 0.15) is 12.5 Å². The summed E-state index contributed by atoms with van der Waals surface area (Å²) >= 11 is 2.98. The van der Waals surface area contributed by atoms with Crippen molar-refractivity contribution in [3.8, 4) is 17.2 Å². The SMILES string of the molecule is CC(=O)Oc1cc(Oc2ccc(C(F)(F)F)cc2Br)ccc1[N+](=O)[O-]. The van der Waals surface area contributed by atoms with Crippen molar-refractivity contribution in [3.05, 3.63) is 56.5 Å². The molecule has 2 rings (SSSR count). The van der Waals surface area contributed by atoms with Crippen LogP contribution in [-0.4, -0.2) is 10.9 Å². The van der Waals surface area contributed by atoms with E-state index in [4.69, 9.17) is 9.47 Å². The van der Waals surface area contributed by atoms with Crippen LogP contribution in [0.15, 0.2) is 40.9 Å². The molecule has 0 aliphatic heterocycles. The number of carbonyl (C=O) groups excluding carboxylic acids is 1. The number of nitro benzene ring substituents is 1. The highest BCUT2D eigenvalue weighted by Crippen LogP contribution is 2.38. The van der Waals surface area contributed by atoms with Crippen molar-refractivity contribution in [2.45, 2.75) is 13.1 Å². The molecule has 0 N–H and O–H groups in total. The fourth-order valence-electron chi connectivity index (χ4n) is 1.83. The Morgan fingerprint density at radius 1 is 1.16 bits per heavy atom. The first-order valence-corrected chi connectivity index (χ1v) is 7.38. The van der Waals surface area contributed by atoms with Gasteiger partial charge in [-0.25, -0.2) is 0 Å². The van der Waals surface area contributed by atoms with E-state index in [9.17, 15) is 28.1 Å². The number of rotatable bonds is 4. The molecule has 0 heterocycles. The molecule has 0 fully saturated rings. The number of hydrogen-bond donors (Lipinski definition) is 0. The minimum atomic E-state index is -4.50. The van der Waals surface area contributed by atoms with Crippen LogP contribution >= 0.6 is 15.9 Å². The van der Waals surface area contributed by atoms with Gasteiger partial charge in [-0.3, -0.25) is 14.9 Å². The zero-order chi connectivity index (χ0) is 18.8. The Labute approximate surface area is 147 Å². The monoisotopic (exact) mass is 419 g/mol. The van der Waals surface area contributed by atoms with E-state index in [2.05, 4.69) is 15.9 Å². The number of carbonyl (C=O) groups is 1. The fraction of sp³-hybridized carbons (Fsp3) is 0.133. The lowest BCUT2D eigenvalue weighted by Gasteiger charge is -2.12. The molecule has 0 amide bonds. The fourth-order valence-corrected chi connectivity index (χ4v) is 2.29. The van der Waals surface area contributed by atoms with Crippen LogP contribution < -0.4 is 9.47 Å². The largest absolute Gasteiger partial charge is 0.456 e. The first-order valence-electron chi connectivity index (χ1n) is 6.59. The highest BCUT2D eigenvalue weighted by Gasteiger charge is 2.31. The van der Waals surface area contributed by atoms with E-state index in [1.165, 1.54) is 6.07 Å². The number of esters is 1. The maximum atomic E-state index is 12.6. The summed E-state index contributed by atoms with van der Waals surface area (Å²) in [5.41, 5.74) is -1.31. The average molecular weight is 420 g/mol. The summed E-state index contributed by atoms with van der Waals surface area (Å²) in [6.07, 6.45) is -4.50. The van der Waals surface area contributed by atoms with Crippen LogP contribution in [0.2, 0.25) is 0 Å². The molecule has 0 saturated heterocycles. The van der Waals surface area contributed by atoms with E-state index >= 15 is 0 Å². The third kappa shape index (κ3) is 4.69. The lowest BCUT2D eigenvalue weighted by atomic mass is 10.2. The van der Waals surface area contributed by atoms with Gasteiger partial charge in [-0.05, 0) is 40.2 Å². The van der Waals surface area contributed by atoms with E-state index in [1.807, 2.05) is 0 Å². The summed E-state index contributed by atoms with van der Waals surface area (Å²) < 4.78 is 48.1. The van der Waals surface area contributed by atoms with Gasteiger partial charge < -0.3 is 9.47 Å². The number of halogens is 4. The third-order valence-electron chi connectivity index (χ3n) is 2.87. The number of nitrogens with zero attached hydrogens (tertiary/aromatic N) is 1. The molecule has 0 aromatic heterocycles. The molecule has 0 aliphatic rings. The van der Waals surface area contributed by atoms with E-state index < -0.39 is 28.3 Å². The molecule has 0 radical (unpaired) electrons. The summed E-state index contributed by atoms with van der Waals surface area (Å²) in [5.74, 6) is -1.01. The number of benzene rings is 2. The maximum Gasteiger partial charge on any atom is 0.416 e. The second-order valence-electron chi connectivity index (χ2n) is 4.73. The van der Waals surface area contributed by atoms with Crippen molar-refractivity contribution < 1.29 is 32.4 Å². The molecule has 0 unspecified atom stereocenters. The predicted molar refractivity (Wildman–Crippen MR) is 83.6 cm³/mol. The number of alkyl halides is 3. The predicted octanol–water partition coefficient (Wildman–Crippen LogP) is 5.09. The van der Waals surface area contributed by atoms with Gasteiger partial charge in [0.05, 0.1) is 15.0 Å². The minimum absolute atomic E-state index is 0.0368. The summed E-state index contributed by atoms with van der Waals surface area (Å²) in [7, 11) is 0. The van der Waals surface area contributed by atoms with Crippen molar-refractivity contribution >= 4 is 27.6 Å². The molecule has 10 heteroatoms.